The zero-order chi connectivity index (χ0) is 29.3. The first-order valence-electron chi connectivity index (χ1n) is 13.8. The number of nitrogens with zero attached hydrogens (tertiary/aromatic N) is 6. The molecule has 0 spiro atoms. The summed E-state index contributed by atoms with van der Waals surface area (Å²) in [7, 11) is 1.66. The minimum Gasteiger partial charge on any atom is -0.497 e. The number of benzene rings is 3. The second-order valence-electron chi connectivity index (χ2n) is 10.3. The highest BCUT2D eigenvalue weighted by Crippen LogP contribution is 2.39. The van der Waals surface area contributed by atoms with E-state index in [1.807, 2.05) is 72.2 Å². The number of ether oxygens (including phenoxy) is 2. The lowest BCUT2D eigenvalue weighted by Gasteiger charge is -2.27. The van der Waals surface area contributed by atoms with Gasteiger partial charge in [0, 0.05) is 35.2 Å². The van der Waals surface area contributed by atoms with Crippen molar-refractivity contribution in [3.05, 3.63) is 125 Å². The minimum absolute atomic E-state index is 0.456. The molecule has 0 saturated heterocycles. The Morgan fingerprint density at radius 3 is 2.56 bits per heavy atom. The van der Waals surface area contributed by atoms with Gasteiger partial charge < -0.3 is 18.9 Å². The highest BCUT2D eigenvalue weighted by Gasteiger charge is 2.21. The number of rotatable bonds is 7. The molecule has 3 aromatic carbocycles. The van der Waals surface area contributed by atoms with Crippen molar-refractivity contribution in [1.82, 2.24) is 24.5 Å². The predicted octanol–water partition coefficient (Wildman–Crippen LogP) is 7.69. The van der Waals surface area contributed by atoms with Gasteiger partial charge in [0.25, 0.3) is 0 Å². The van der Waals surface area contributed by atoms with Crippen LogP contribution >= 0.6 is 11.6 Å². The highest BCUT2D eigenvalue weighted by atomic mass is 35.5. The molecule has 0 bridgehead atoms. The van der Waals surface area contributed by atoms with Crippen molar-refractivity contribution < 1.29 is 9.47 Å². The predicted molar refractivity (Wildman–Crippen MR) is 169 cm³/mol. The molecule has 0 amide bonds. The molecule has 1 aliphatic rings. The number of anilines is 1. The molecule has 0 N–H and O–H groups in total. The Morgan fingerprint density at radius 2 is 1.74 bits per heavy atom. The van der Waals surface area contributed by atoms with Gasteiger partial charge in [-0.05, 0) is 78.2 Å². The SMILES string of the molecule is COc1ccc(Cn2cnc3c(-c4cccnc4Oc4c(C)ccc5c4C=CN(c4ccc(Cl)cc4)C5)ncnc32)cc1. The van der Waals surface area contributed by atoms with E-state index in [0.29, 0.717) is 35.2 Å². The Hall–Kier alpha value is -5.21. The van der Waals surface area contributed by atoms with Crippen LogP contribution in [0.2, 0.25) is 5.02 Å². The molecule has 1 aliphatic heterocycles. The van der Waals surface area contributed by atoms with Gasteiger partial charge in [-0.1, -0.05) is 35.9 Å². The molecule has 0 radical (unpaired) electrons. The quantitative estimate of drug-likeness (QED) is 0.190. The van der Waals surface area contributed by atoms with Crippen LogP contribution in [0.4, 0.5) is 5.69 Å². The molecule has 8 nitrogen and oxygen atoms in total. The number of hydrogen-bond acceptors (Lipinski definition) is 7. The van der Waals surface area contributed by atoms with Crippen LogP contribution in [-0.4, -0.2) is 31.6 Å². The van der Waals surface area contributed by atoms with Crippen molar-refractivity contribution in [1.29, 1.82) is 0 Å². The Balaban J connectivity index is 1.22. The van der Waals surface area contributed by atoms with Crippen molar-refractivity contribution in [2.75, 3.05) is 12.0 Å². The molecule has 0 saturated carbocycles. The summed E-state index contributed by atoms with van der Waals surface area (Å²) < 4.78 is 13.9. The van der Waals surface area contributed by atoms with Crippen molar-refractivity contribution in [2.45, 2.75) is 20.0 Å². The second kappa shape index (κ2) is 11.2. The Morgan fingerprint density at radius 1 is 0.907 bits per heavy atom. The number of fused-ring (bicyclic) bond motifs is 2. The van der Waals surface area contributed by atoms with E-state index < -0.39 is 0 Å². The summed E-state index contributed by atoms with van der Waals surface area (Å²) in [5, 5.41) is 0.715. The van der Waals surface area contributed by atoms with E-state index in [0.717, 1.165) is 50.7 Å². The largest absolute Gasteiger partial charge is 0.497 e. The zero-order valence-corrected chi connectivity index (χ0v) is 24.4. The van der Waals surface area contributed by atoms with Crippen LogP contribution < -0.4 is 14.4 Å². The Labute approximate surface area is 253 Å². The van der Waals surface area contributed by atoms with E-state index in [2.05, 4.69) is 44.3 Å². The van der Waals surface area contributed by atoms with Gasteiger partial charge in [-0.3, -0.25) is 0 Å². The summed E-state index contributed by atoms with van der Waals surface area (Å²) in [6.07, 6.45) is 9.23. The fourth-order valence-corrected chi connectivity index (χ4v) is 5.41. The lowest BCUT2D eigenvalue weighted by Crippen LogP contribution is -2.19. The van der Waals surface area contributed by atoms with E-state index in [-0.39, 0.29) is 0 Å². The molecule has 6 aromatic rings. The first-order chi connectivity index (χ1) is 21.1. The summed E-state index contributed by atoms with van der Waals surface area (Å²) in [5.74, 6) is 2.04. The van der Waals surface area contributed by atoms with Crippen molar-refractivity contribution in [3.63, 3.8) is 0 Å². The van der Waals surface area contributed by atoms with Gasteiger partial charge in [0.2, 0.25) is 5.88 Å². The molecule has 0 unspecified atom stereocenters. The van der Waals surface area contributed by atoms with Crippen LogP contribution in [0.5, 0.6) is 17.4 Å². The number of imidazole rings is 1. The Kier molecular flexibility index (Phi) is 6.96. The van der Waals surface area contributed by atoms with Crippen LogP contribution in [0.3, 0.4) is 0 Å². The summed E-state index contributed by atoms with van der Waals surface area (Å²) in [6, 6.07) is 23.9. The summed E-state index contributed by atoms with van der Waals surface area (Å²) >= 11 is 6.10. The first-order valence-corrected chi connectivity index (χ1v) is 14.2. The third-order valence-corrected chi connectivity index (χ3v) is 7.79. The first kappa shape index (κ1) is 26.7. The van der Waals surface area contributed by atoms with Crippen molar-refractivity contribution in [3.8, 4) is 28.6 Å². The molecule has 0 fully saturated rings. The topological polar surface area (TPSA) is 78.2 Å². The molecule has 0 atom stereocenters. The maximum absolute atomic E-state index is 6.62. The van der Waals surface area contributed by atoms with E-state index in [1.165, 1.54) is 0 Å². The Bertz CT molecular complexity index is 1970. The van der Waals surface area contributed by atoms with Gasteiger partial charge in [0.15, 0.2) is 5.65 Å². The second-order valence-corrected chi connectivity index (χ2v) is 10.7. The molecule has 43 heavy (non-hydrogen) atoms. The van der Waals surface area contributed by atoms with Crippen LogP contribution in [0.15, 0.2) is 97.8 Å². The van der Waals surface area contributed by atoms with E-state index >= 15 is 0 Å². The van der Waals surface area contributed by atoms with Crippen LogP contribution in [0.25, 0.3) is 28.5 Å². The number of hydrogen-bond donors (Lipinski definition) is 0. The molecule has 0 aliphatic carbocycles. The number of halogens is 1. The average Bonchev–Trinajstić information content (AvgIpc) is 3.46. The molecular weight excluding hydrogens is 560 g/mol. The molecule has 7 rings (SSSR count). The lowest BCUT2D eigenvalue weighted by molar-refractivity contribution is 0.414. The van der Waals surface area contributed by atoms with Crippen molar-refractivity contribution in [2.24, 2.45) is 0 Å². The molecule has 9 heteroatoms. The smallest absolute Gasteiger partial charge is 0.228 e. The fraction of sp³-hybridized carbons (Fsp3) is 0.118. The fourth-order valence-electron chi connectivity index (χ4n) is 5.29. The van der Waals surface area contributed by atoms with Gasteiger partial charge in [-0.2, -0.15) is 0 Å². The number of methoxy groups -OCH3 is 1. The zero-order valence-electron chi connectivity index (χ0n) is 23.6. The standard InChI is InChI=1S/C34H27ClN6O2/c1-22-5-8-24-19-40(26-11-9-25(35)10-12-26)17-15-28(24)32(22)43-34-29(4-3-16-36-34)30-31-33(38-20-37-30)41(21-39-31)18-23-6-13-27(42-2)14-7-23/h3-17,20-21H,18-19H2,1-2H3. The van der Waals surface area contributed by atoms with Crippen molar-refractivity contribution >= 4 is 34.5 Å². The average molecular weight is 587 g/mol. The van der Waals surface area contributed by atoms with E-state index in [4.69, 9.17) is 26.1 Å². The van der Waals surface area contributed by atoms with Crippen LogP contribution in [0, 0.1) is 6.92 Å². The summed E-state index contributed by atoms with van der Waals surface area (Å²) in [5.41, 5.74) is 8.18. The van der Waals surface area contributed by atoms with Gasteiger partial charge in [0.1, 0.15) is 29.0 Å². The summed E-state index contributed by atoms with van der Waals surface area (Å²) in [6.45, 7) is 3.36. The number of aryl methyl sites for hydroxylation is 1. The molecule has 3 aromatic heterocycles. The van der Waals surface area contributed by atoms with Gasteiger partial charge in [-0.15, -0.1) is 0 Å². The third kappa shape index (κ3) is 5.17. The maximum atomic E-state index is 6.62. The van der Waals surface area contributed by atoms with Gasteiger partial charge >= 0.3 is 0 Å². The highest BCUT2D eigenvalue weighted by molar-refractivity contribution is 6.30. The van der Waals surface area contributed by atoms with E-state index in [1.54, 1.807) is 26.0 Å². The number of aromatic nitrogens is 5. The minimum atomic E-state index is 0.456. The number of pyridine rings is 1. The summed E-state index contributed by atoms with van der Waals surface area (Å²) in [4.78, 5) is 20.7. The van der Waals surface area contributed by atoms with Gasteiger partial charge in [-0.25, -0.2) is 19.9 Å². The normalized spacial score (nSPS) is 12.4. The monoisotopic (exact) mass is 586 g/mol. The molecule has 4 heterocycles. The third-order valence-electron chi connectivity index (χ3n) is 7.54. The van der Waals surface area contributed by atoms with E-state index in [9.17, 15) is 0 Å². The van der Waals surface area contributed by atoms with Crippen LogP contribution in [-0.2, 0) is 13.1 Å². The molecular formula is C34H27ClN6O2. The lowest BCUT2D eigenvalue weighted by atomic mass is 9.99. The van der Waals surface area contributed by atoms with Crippen LogP contribution in [0.1, 0.15) is 22.3 Å². The maximum Gasteiger partial charge on any atom is 0.228 e. The molecule has 212 valence electrons. The van der Waals surface area contributed by atoms with Gasteiger partial charge in [0.05, 0.1) is 25.5 Å².